The Morgan fingerprint density at radius 1 is 1.29 bits per heavy atom. The van der Waals surface area contributed by atoms with Crippen LogP contribution in [0.15, 0.2) is 18.2 Å². The van der Waals surface area contributed by atoms with Crippen molar-refractivity contribution >= 4 is 5.78 Å². The summed E-state index contributed by atoms with van der Waals surface area (Å²) in [6.07, 6.45) is 6.16. The molecule has 3 atom stereocenters. The summed E-state index contributed by atoms with van der Waals surface area (Å²) in [5, 5.41) is 0. The molecular weight excluding hydrogens is 262 g/mol. The molecule has 21 heavy (non-hydrogen) atoms. The summed E-state index contributed by atoms with van der Waals surface area (Å²) in [5.41, 5.74) is 2.44. The Balaban J connectivity index is 1.95. The van der Waals surface area contributed by atoms with Crippen LogP contribution in [-0.4, -0.2) is 37.4 Å². The molecule has 1 aromatic carbocycles. The maximum atomic E-state index is 13.0. The third-order valence-corrected chi connectivity index (χ3v) is 6.16. The molecule has 2 aliphatic carbocycles. The van der Waals surface area contributed by atoms with Crippen LogP contribution in [0.2, 0.25) is 0 Å². The van der Waals surface area contributed by atoms with Crippen LogP contribution >= 0.6 is 0 Å². The van der Waals surface area contributed by atoms with Gasteiger partial charge in [-0.05, 0) is 62.5 Å². The minimum atomic E-state index is 0.0972. The molecule has 1 aromatic rings. The van der Waals surface area contributed by atoms with Crippen molar-refractivity contribution in [3.05, 3.63) is 29.3 Å². The maximum Gasteiger partial charge on any atom is 0.180 e. The Bertz CT molecular complexity index is 597. The summed E-state index contributed by atoms with van der Waals surface area (Å²) in [7, 11) is 3.83. The average molecular weight is 285 g/mol. The van der Waals surface area contributed by atoms with Gasteiger partial charge in [-0.2, -0.15) is 0 Å². The van der Waals surface area contributed by atoms with Crippen molar-refractivity contribution in [3.63, 3.8) is 0 Å². The SMILES string of the molecule is COc1ccc2c(c1)[C@]13CCCC[C@H]1[C@H](C2=O)N(C)CC3. The smallest absolute Gasteiger partial charge is 0.180 e. The predicted molar refractivity (Wildman–Crippen MR) is 82.0 cm³/mol. The first-order valence-electron chi connectivity index (χ1n) is 8.10. The summed E-state index contributed by atoms with van der Waals surface area (Å²) < 4.78 is 5.43. The molecule has 2 bridgehead atoms. The standard InChI is InChI=1S/C18H23NO2/c1-19-10-9-18-8-4-3-5-14(18)16(19)17(20)13-7-6-12(21-2)11-15(13)18/h6-7,11,14,16H,3-5,8-10H2,1-2H3/t14-,16+,18-/m0/s1. The van der Waals surface area contributed by atoms with Gasteiger partial charge in [0.05, 0.1) is 13.2 Å². The fourth-order valence-electron chi connectivity index (χ4n) is 5.15. The quantitative estimate of drug-likeness (QED) is 0.794. The maximum absolute atomic E-state index is 13.0. The molecule has 1 aliphatic heterocycles. The van der Waals surface area contributed by atoms with Gasteiger partial charge in [0.15, 0.2) is 5.78 Å². The minimum Gasteiger partial charge on any atom is -0.497 e. The molecule has 0 amide bonds. The van der Waals surface area contributed by atoms with Crippen molar-refractivity contribution < 1.29 is 9.53 Å². The lowest BCUT2D eigenvalue weighted by molar-refractivity contribution is 0.00835. The van der Waals surface area contributed by atoms with Crippen LogP contribution in [-0.2, 0) is 5.41 Å². The molecule has 4 rings (SSSR count). The second-order valence-electron chi connectivity index (χ2n) is 6.96. The van der Waals surface area contributed by atoms with E-state index in [2.05, 4.69) is 18.0 Å². The topological polar surface area (TPSA) is 29.5 Å². The third-order valence-electron chi connectivity index (χ3n) is 6.16. The predicted octanol–water partition coefficient (Wildman–Crippen LogP) is 3.02. The largest absolute Gasteiger partial charge is 0.497 e. The molecular formula is C18H23NO2. The molecule has 3 heteroatoms. The number of carbonyl (C=O) groups is 1. The number of methoxy groups -OCH3 is 1. The van der Waals surface area contributed by atoms with Gasteiger partial charge in [0.2, 0.25) is 0 Å². The molecule has 0 unspecified atom stereocenters. The normalized spacial score (nSPS) is 35.0. The van der Waals surface area contributed by atoms with E-state index in [1.807, 2.05) is 12.1 Å². The molecule has 0 radical (unpaired) electrons. The number of rotatable bonds is 1. The number of fused-ring (bicyclic) bond motifs is 1. The molecule has 0 spiro atoms. The van der Waals surface area contributed by atoms with Crippen molar-refractivity contribution in [3.8, 4) is 5.75 Å². The zero-order chi connectivity index (χ0) is 14.6. The van der Waals surface area contributed by atoms with Gasteiger partial charge in [0, 0.05) is 11.0 Å². The number of benzene rings is 1. The van der Waals surface area contributed by atoms with E-state index in [4.69, 9.17) is 4.74 Å². The molecule has 1 saturated heterocycles. The van der Waals surface area contributed by atoms with Crippen LogP contribution in [0.1, 0.15) is 48.0 Å². The number of hydrogen-bond acceptors (Lipinski definition) is 3. The first-order chi connectivity index (χ1) is 10.2. The Morgan fingerprint density at radius 3 is 2.95 bits per heavy atom. The van der Waals surface area contributed by atoms with Gasteiger partial charge in [0.25, 0.3) is 0 Å². The monoisotopic (exact) mass is 285 g/mol. The number of ketones is 1. The highest BCUT2D eigenvalue weighted by molar-refractivity contribution is 6.03. The van der Waals surface area contributed by atoms with Crippen LogP contribution < -0.4 is 4.74 Å². The lowest BCUT2D eigenvalue weighted by Crippen LogP contribution is -2.62. The van der Waals surface area contributed by atoms with Crippen LogP contribution in [0.3, 0.4) is 0 Å². The number of nitrogens with zero attached hydrogens (tertiary/aromatic N) is 1. The fraction of sp³-hybridized carbons (Fsp3) is 0.611. The first-order valence-corrected chi connectivity index (χ1v) is 8.10. The number of ether oxygens (including phenoxy) is 1. The summed E-state index contributed by atoms with van der Waals surface area (Å²) >= 11 is 0. The van der Waals surface area contributed by atoms with E-state index in [1.165, 1.54) is 37.7 Å². The zero-order valence-corrected chi connectivity index (χ0v) is 12.9. The lowest BCUT2D eigenvalue weighted by atomic mass is 9.52. The van der Waals surface area contributed by atoms with E-state index in [1.54, 1.807) is 7.11 Å². The summed E-state index contributed by atoms with van der Waals surface area (Å²) in [6.45, 7) is 1.03. The van der Waals surface area contributed by atoms with Crippen LogP contribution in [0, 0.1) is 5.92 Å². The molecule has 0 aromatic heterocycles. The van der Waals surface area contributed by atoms with Crippen molar-refractivity contribution in [2.24, 2.45) is 5.92 Å². The minimum absolute atomic E-state index is 0.0972. The van der Waals surface area contributed by atoms with Crippen molar-refractivity contribution in [1.29, 1.82) is 0 Å². The highest BCUT2D eigenvalue weighted by atomic mass is 16.5. The average Bonchev–Trinajstić information content (AvgIpc) is 2.53. The van der Waals surface area contributed by atoms with Crippen LogP contribution in [0.5, 0.6) is 5.75 Å². The number of carbonyl (C=O) groups excluding carboxylic acids is 1. The second kappa shape index (κ2) is 4.57. The Kier molecular flexibility index (Phi) is 2.90. The third kappa shape index (κ3) is 1.67. The summed E-state index contributed by atoms with van der Waals surface area (Å²) in [5.74, 6) is 1.71. The zero-order valence-electron chi connectivity index (χ0n) is 12.9. The number of likely N-dealkylation sites (tertiary alicyclic amines) is 1. The fourth-order valence-corrected chi connectivity index (χ4v) is 5.15. The van der Waals surface area contributed by atoms with E-state index in [9.17, 15) is 4.79 Å². The molecule has 2 fully saturated rings. The number of Topliss-reactive ketones (excluding diaryl/α,β-unsaturated/α-hetero) is 1. The molecule has 3 nitrogen and oxygen atoms in total. The summed E-state index contributed by atoms with van der Waals surface area (Å²) in [6, 6.07) is 6.18. The van der Waals surface area contributed by atoms with E-state index >= 15 is 0 Å². The molecule has 3 aliphatic rings. The second-order valence-corrected chi connectivity index (χ2v) is 6.96. The molecule has 112 valence electrons. The first kappa shape index (κ1) is 13.3. The van der Waals surface area contributed by atoms with Crippen LogP contribution in [0.25, 0.3) is 0 Å². The van der Waals surface area contributed by atoms with Crippen LogP contribution in [0.4, 0.5) is 0 Å². The molecule has 1 heterocycles. The van der Waals surface area contributed by atoms with Gasteiger partial charge in [-0.25, -0.2) is 0 Å². The van der Waals surface area contributed by atoms with E-state index in [0.29, 0.717) is 11.7 Å². The van der Waals surface area contributed by atoms with Crippen molar-refractivity contribution in [2.75, 3.05) is 20.7 Å². The van der Waals surface area contributed by atoms with Gasteiger partial charge < -0.3 is 4.74 Å². The number of piperidine rings is 1. The van der Waals surface area contributed by atoms with Gasteiger partial charge in [-0.1, -0.05) is 12.8 Å². The van der Waals surface area contributed by atoms with Crippen molar-refractivity contribution in [1.82, 2.24) is 4.90 Å². The Morgan fingerprint density at radius 2 is 2.14 bits per heavy atom. The molecule has 0 N–H and O–H groups in total. The number of likely N-dealkylation sites (N-methyl/N-ethyl adjacent to an activating group) is 1. The van der Waals surface area contributed by atoms with Gasteiger partial charge in [-0.3, -0.25) is 9.69 Å². The highest BCUT2D eigenvalue weighted by Gasteiger charge is 2.56. The van der Waals surface area contributed by atoms with E-state index < -0.39 is 0 Å². The Hall–Kier alpha value is -1.35. The number of hydrogen-bond donors (Lipinski definition) is 0. The highest BCUT2D eigenvalue weighted by Crippen LogP contribution is 2.55. The lowest BCUT2D eigenvalue weighted by Gasteiger charge is -2.57. The van der Waals surface area contributed by atoms with E-state index in [-0.39, 0.29) is 11.5 Å². The van der Waals surface area contributed by atoms with Crippen molar-refractivity contribution in [2.45, 2.75) is 43.6 Å². The van der Waals surface area contributed by atoms with Gasteiger partial charge >= 0.3 is 0 Å². The Labute approximate surface area is 126 Å². The molecule has 1 saturated carbocycles. The van der Waals surface area contributed by atoms with E-state index in [0.717, 1.165) is 17.9 Å². The summed E-state index contributed by atoms with van der Waals surface area (Å²) in [4.78, 5) is 15.3. The van der Waals surface area contributed by atoms with Gasteiger partial charge in [0.1, 0.15) is 5.75 Å². The van der Waals surface area contributed by atoms with Gasteiger partial charge in [-0.15, -0.1) is 0 Å².